The molecule has 0 fully saturated rings. The van der Waals surface area contributed by atoms with Crippen LogP contribution in [0.3, 0.4) is 0 Å². The molecule has 17 heavy (non-hydrogen) atoms. The van der Waals surface area contributed by atoms with E-state index in [4.69, 9.17) is 0 Å². The van der Waals surface area contributed by atoms with Crippen LogP contribution in [0, 0.1) is 0 Å². The fourth-order valence-electron chi connectivity index (χ4n) is 1.30. The van der Waals surface area contributed by atoms with Crippen LogP contribution < -0.4 is 5.32 Å². The molecule has 1 unspecified atom stereocenters. The van der Waals surface area contributed by atoms with Crippen molar-refractivity contribution in [3.05, 3.63) is 17.8 Å². The molecule has 0 aromatic carbocycles. The first-order valence-corrected chi connectivity index (χ1v) is 6.75. The molecule has 0 aliphatic rings. The van der Waals surface area contributed by atoms with Crippen molar-refractivity contribution in [3.8, 4) is 0 Å². The molecular weight excluding hydrogens is 236 g/mol. The molecule has 5 nitrogen and oxygen atoms in total. The lowest BCUT2D eigenvalue weighted by Crippen LogP contribution is -2.24. The molecule has 1 atom stereocenters. The lowest BCUT2D eigenvalue weighted by molar-refractivity contribution is 0.0821. The number of nitrogens with zero attached hydrogens (tertiary/aromatic N) is 3. The van der Waals surface area contributed by atoms with Gasteiger partial charge >= 0.3 is 0 Å². The Bertz CT molecular complexity index is 366. The van der Waals surface area contributed by atoms with Crippen LogP contribution in [0.1, 0.15) is 17.4 Å². The maximum absolute atomic E-state index is 11.6. The van der Waals surface area contributed by atoms with Gasteiger partial charge in [0.05, 0.1) is 0 Å². The maximum Gasteiger partial charge on any atom is 0.273 e. The number of nitrogens with one attached hydrogen (secondary N) is 1. The van der Waals surface area contributed by atoms with Gasteiger partial charge in [-0.3, -0.25) is 4.79 Å². The zero-order valence-electron chi connectivity index (χ0n) is 10.6. The van der Waals surface area contributed by atoms with Gasteiger partial charge in [0.25, 0.3) is 5.91 Å². The highest BCUT2D eigenvalue weighted by Gasteiger charge is 2.10. The van der Waals surface area contributed by atoms with Gasteiger partial charge in [-0.1, -0.05) is 0 Å². The van der Waals surface area contributed by atoms with E-state index in [1.807, 2.05) is 0 Å². The van der Waals surface area contributed by atoms with Crippen LogP contribution in [-0.4, -0.2) is 53.2 Å². The van der Waals surface area contributed by atoms with E-state index in [9.17, 15) is 4.79 Å². The number of anilines is 1. The third kappa shape index (κ3) is 4.22. The second-order valence-electron chi connectivity index (χ2n) is 4.00. The van der Waals surface area contributed by atoms with Crippen molar-refractivity contribution in [2.45, 2.75) is 13.0 Å². The topological polar surface area (TPSA) is 58.1 Å². The monoisotopic (exact) mass is 254 g/mol. The van der Waals surface area contributed by atoms with Crippen LogP contribution in [0.5, 0.6) is 0 Å². The SMILES string of the molecule is CSCC(C)Nc1ccc(C(=O)N(C)C)nn1. The highest BCUT2D eigenvalue weighted by atomic mass is 32.2. The number of carbonyl (C=O) groups is 1. The van der Waals surface area contributed by atoms with Crippen LogP contribution in [0.25, 0.3) is 0 Å². The van der Waals surface area contributed by atoms with Crippen molar-refractivity contribution >= 4 is 23.5 Å². The Kier molecular flexibility index (Phi) is 5.21. The van der Waals surface area contributed by atoms with Crippen LogP contribution in [0.4, 0.5) is 5.82 Å². The van der Waals surface area contributed by atoms with Gasteiger partial charge in [-0.25, -0.2) is 0 Å². The van der Waals surface area contributed by atoms with Gasteiger partial charge < -0.3 is 10.2 Å². The summed E-state index contributed by atoms with van der Waals surface area (Å²) in [6, 6.07) is 3.79. The van der Waals surface area contributed by atoms with E-state index in [1.165, 1.54) is 4.90 Å². The highest BCUT2D eigenvalue weighted by molar-refractivity contribution is 7.98. The minimum absolute atomic E-state index is 0.138. The minimum atomic E-state index is -0.138. The second kappa shape index (κ2) is 6.44. The summed E-state index contributed by atoms with van der Waals surface area (Å²) in [5, 5.41) is 11.1. The summed E-state index contributed by atoms with van der Waals surface area (Å²) in [5.41, 5.74) is 0.359. The molecule has 1 aromatic heterocycles. The normalized spacial score (nSPS) is 12.0. The zero-order chi connectivity index (χ0) is 12.8. The molecule has 0 aliphatic carbocycles. The molecule has 0 saturated carbocycles. The van der Waals surface area contributed by atoms with Gasteiger partial charge in [0.15, 0.2) is 5.69 Å². The molecule has 6 heteroatoms. The first kappa shape index (κ1) is 13.8. The fraction of sp³-hybridized carbons (Fsp3) is 0.545. The van der Waals surface area contributed by atoms with Crippen LogP contribution in [-0.2, 0) is 0 Å². The largest absolute Gasteiger partial charge is 0.365 e. The molecule has 0 bridgehead atoms. The molecule has 1 aromatic rings. The summed E-state index contributed by atoms with van der Waals surface area (Å²) >= 11 is 1.77. The van der Waals surface area contributed by atoms with E-state index < -0.39 is 0 Å². The van der Waals surface area contributed by atoms with Crippen molar-refractivity contribution < 1.29 is 4.79 Å². The molecular formula is C11H18N4OS. The van der Waals surface area contributed by atoms with Gasteiger partial charge in [-0.15, -0.1) is 10.2 Å². The molecule has 0 aliphatic heterocycles. The molecule has 1 amide bonds. The summed E-state index contributed by atoms with van der Waals surface area (Å²) in [7, 11) is 3.38. The van der Waals surface area contributed by atoms with Crippen LogP contribution >= 0.6 is 11.8 Å². The van der Waals surface area contributed by atoms with E-state index in [0.29, 0.717) is 17.6 Å². The quantitative estimate of drug-likeness (QED) is 0.859. The lowest BCUT2D eigenvalue weighted by Gasteiger charge is -2.13. The Morgan fingerprint density at radius 2 is 2.18 bits per heavy atom. The van der Waals surface area contributed by atoms with Crippen LogP contribution in [0.15, 0.2) is 12.1 Å². The summed E-state index contributed by atoms with van der Waals surface area (Å²) < 4.78 is 0. The second-order valence-corrected chi connectivity index (χ2v) is 4.91. The predicted molar refractivity (Wildman–Crippen MR) is 71.5 cm³/mol. The Balaban J connectivity index is 2.65. The van der Waals surface area contributed by atoms with Gasteiger partial charge in [0.2, 0.25) is 0 Å². The number of hydrogen-bond donors (Lipinski definition) is 1. The van der Waals surface area contributed by atoms with Gasteiger partial charge in [-0.2, -0.15) is 11.8 Å². The molecule has 1 N–H and O–H groups in total. The molecule has 0 radical (unpaired) electrons. The third-order valence-corrected chi connectivity index (χ3v) is 2.93. The number of carbonyl (C=O) groups excluding carboxylic acids is 1. The summed E-state index contributed by atoms with van der Waals surface area (Å²) in [4.78, 5) is 13.1. The van der Waals surface area contributed by atoms with E-state index >= 15 is 0 Å². The van der Waals surface area contributed by atoms with Crippen molar-refractivity contribution in [2.24, 2.45) is 0 Å². The Morgan fingerprint density at radius 1 is 1.47 bits per heavy atom. The number of rotatable bonds is 5. The first-order valence-electron chi connectivity index (χ1n) is 5.35. The summed E-state index contributed by atoms with van der Waals surface area (Å²) in [6.45, 7) is 2.08. The Hall–Kier alpha value is -1.30. The van der Waals surface area contributed by atoms with Gasteiger partial charge in [-0.05, 0) is 25.3 Å². The number of hydrogen-bond acceptors (Lipinski definition) is 5. The molecule has 94 valence electrons. The van der Waals surface area contributed by atoms with Crippen molar-refractivity contribution in [1.29, 1.82) is 0 Å². The number of thioether (sulfide) groups is 1. The molecule has 0 spiro atoms. The number of amides is 1. The van der Waals surface area contributed by atoms with Gasteiger partial charge in [0.1, 0.15) is 5.82 Å². The average Bonchev–Trinajstić information content (AvgIpc) is 2.29. The summed E-state index contributed by atoms with van der Waals surface area (Å²) in [5.74, 6) is 1.56. The average molecular weight is 254 g/mol. The molecule has 1 rings (SSSR count). The fourth-order valence-corrected chi connectivity index (χ4v) is 1.88. The van der Waals surface area contributed by atoms with Crippen molar-refractivity contribution in [3.63, 3.8) is 0 Å². The Labute approximate surface area is 106 Å². The number of aromatic nitrogens is 2. The Morgan fingerprint density at radius 3 is 2.65 bits per heavy atom. The molecule has 1 heterocycles. The van der Waals surface area contributed by atoms with Crippen LogP contribution in [0.2, 0.25) is 0 Å². The zero-order valence-corrected chi connectivity index (χ0v) is 11.4. The minimum Gasteiger partial charge on any atom is -0.365 e. The van der Waals surface area contributed by atoms with Gasteiger partial charge in [0, 0.05) is 25.9 Å². The van der Waals surface area contributed by atoms with Crippen molar-refractivity contribution in [2.75, 3.05) is 31.4 Å². The standard InChI is InChI=1S/C11H18N4OS/c1-8(7-17-4)12-10-6-5-9(13-14-10)11(16)15(2)3/h5-6,8H,7H2,1-4H3,(H,12,14). The smallest absolute Gasteiger partial charge is 0.273 e. The van der Waals surface area contributed by atoms with E-state index in [-0.39, 0.29) is 5.91 Å². The summed E-state index contributed by atoms with van der Waals surface area (Å²) in [6.07, 6.45) is 2.06. The first-order chi connectivity index (χ1) is 8.04. The lowest BCUT2D eigenvalue weighted by atomic mass is 10.3. The maximum atomic E-state index is 11.6. The predicted octanol–water partition coefficient (Wildman–Crippen LogP) is 1.34. The van der Waals surface area contributed by atoms with E-state index in [2.05, 4.69) is 28.7 Å². The highest BCUT2D eigenvalue weighted by Crippen LogP contribution is 2.07. The van der Waals surface area contributed by atoms with E-state index in [0.717, 1.165) is 5.75 Å². The third-order valence-electron chi connectivity index (χ3n) is 2.10. The molecule has 0 saturated heterocycles. The van der Waals surface area contributed by atoms with Crippen molar-refractivity contribution in [1.82, 2.24) is 15.1 Å². The van der Waals surface area contributed by atoms with E-state index in [1.54, 1.807) is 38.0 Å².